The number of nitrogens with zero attached hydrogens (tertiary/aromatic N) is 1. The molecule has 0 bridgehead atoms. The summed E-state index contributed by atoms with van der Waals surface area (Å²) in [6.45, 7) is 3.91. The van der Waals surface area contributed by atoms with Gasteiger partial charge in [0, 0.05) is 6.21 Å². The fourth-order valence-electron chi connectivity index (χ4n) is 0.971. The van der Waals surface area contributed by atoms with Crippen LogP contribution in [0.4, 0.5) is 0 Å². The van der Waals surface area contributed by atoms with Gasteiger partial charge in [0.15, 0.2) is 0 Å². The van der Waals surface area contributed by atoms with E-state index in [9.17, 15) is 9.90 Å². The number of phenols is 1. The van der Waals surface area contributed by atoms with Crippen molar-refractivity contribution in [2.24, 2.45) is 11.0 Å². The second-order valence-corrected chi connectivity index (χ2v) is 3.48. The number of phenolic OH excluding ortho intramolecular Hbond substituents is 1. The first-order valence-corrected chi connectivity index (χ1v) is 4.72. The van der Waals surface area contributed by atoms with E-state index >= 15 is 0 Å². The molecule has 4 heteroatoms. The molecule has 0 aliphatic rings. The Morgan fingerprint density at radius 1 is 1.47 bits per heavy atom. The molecule has 0 saturated carbocycles. The third kappa shape index (κ3) is 3.42. The van der Waals surface area contributed by atoms with Crippen molar-refractivity contribution in [2.75, 3.05) is 0 Å². The molecule has 0 saturated heterocycles. The maximum absolute atomic E-state index is 11.5. The summed E-state index contributed by atoms with van der Waals surface area (Å²) in [7, 11) is 0. The van der Waals surface area contributed by atoms with Gasteiger partial charge >= 0.3 is 0 Å². The summed E-state index contributed by atoms with van der Waals surface area (Å²) in [5.41, 5.74) is 2.56. The number of aromatic hydroxyl groups is 1. The summed E-state index contributed by atoms with van der Waals surface area (Å²) >= 11 is 0. The second-order valence-electron chi connectivity index (χ2n) is 3.48. The molecule has 1 aromatic carbocycles. The molecule has 1 rings (SSSR count). The lowest BCUT2D eigenvalue weighted by atomic mass is 10.2. The molecule has 2 N–H and O–H groups in total. The van der Waals surface area contributed by atoms with Gasteiger partial charge < -0.3 is 5.11 Å². The molecule has 0 heterocycles. The van der Waals surface area contributed by atoms with Crippen molar-refractivity contribution in [1.29, 1.82) is 0 Å². The Labute approximate surface area is 88.6 Å². The van der Waals surface area contributed by atoms with Crippen LogP contribution < -0.4 is 5.43 Å². The van der Waals surface area contributed by atoms with Crippen molar-refractivity contribution in [1.82, 2.24) is 5.43 Å². The predicted octanol–water partition coefficient (Wildman–Crippen LogP) is 1.76. The van der Waals surface area contributed by atoms with Gasteiger partial charge in [0.1, 0.15) is 5.75 Å². The molecule has 0 aliphatic carbocycles. The monoisotopic (exact) mass is 206 g/mol. The number of hydrogen-bond donors (Lipinski definition) is 2. The van der Waals surface area contributed by atoms with Gasteiger partial charge in [-0.05, 0) is 18.1 Å². The van der Waals surface area contributed by atoms with Gasteiger partial charge in [-0.1, -0.05) is 26.0 Å². The number of amides is 1. The smallest absolute Gasteiger partial charge is 0.275 e. The van der Waals surface area contributed by atoms with E-state index in [-0.39, 0.29) is 17.2 Å². The molecule has 0 atom stereocenters. The van der Waals surface area contributed by atoms with E-state index in [2.05, 4.69) is 10.5 Å². The summed E-state index contributed by atoms with van der Waals surface area (Å²) in [6, 6.07) is 6.33. The highest BCUT2D eigenvalue weighted by atomic mass is 16.3. The molecule has 0 unspecified atom stereocenters. The van der Waals surface area contributed by atoms with E-state index < -0.39 is 5.91 Å². The number of benzene rings is 1. The fourth-order valence-corrected chi connectivity index (χ4v) is 0.971. The van der Waals surface area contributed by atoms with Gasteiger partial charge in [-0.3, -0.25) is 4.79 Å². The van der Waals surface area contributed by atoms with Crippen LogP contribution in [-0.4, -0.2) is 17.2 Å². The molecular weight excluding hydrogens is 192 g/mol. The lowest BCUT2D eigenvalue weighted by molar-refractivity contribution is 0.0952. The lowest BCUT2D eigenvalue weighted by Gasteiger charge is -2.02. The zero-order valence-electron chi connectivity index (χ0n) is 8.77. The van der Waals surface area contributed by atoms with Crippen molar-refractivity contribution < 1.29 is 9.90 Å². The van der Waals surface area contributed by atoms with E-state index in [1.165, 1.54) is 12.1 Å². The van der Waals surface area contributed by atoms with E-state index in [1.807, 2.05) is 13.8 Å². The van der Waals surface area contributed by atoms with Crippen molar-refractivity contribution in [3.63, 3.8) is 0 Å². The first kappa shape index (κ1) is 11.2. The third-order valence-corrected chi connectivity index (χ3v) is 1.69. The zero-order valence-corrected chi connectivity index (χ0v) is 8.77. The van der Waals surface area contributed by atoms with Gasteiger partial charge in [-0.15, -0.1) is 0 Å². The summed E-state index contributed by atoms with van der Waals surface area (Å²) in [6.07, 6.45) is 1.62. The van der Waals surface area contributed by atoms with E-state index in [4.69, 9.17) is 0 Å². The SMILES string of the molecule is CC(C)/C=N\NC(=O)c1ccccc1O. The summed E-state index contributed by atoms with van der Waals surface area (Å²) in [4.78, 5) is 11.5. The van der Waals surface area contributed by atoms with Crippen molar-refractivity contribution in [2.45, 2.75) is 13.8 Å². The van der Waals surface area contributed by atoms with Gasteiger partial charge in [-0.25, -0.2) is 5.43 Å². The quantitative estimate of drug-likeness (QED) is 0.584. The number of hydrazone groups is 1. The largest absolute Gasteiger partial charge is 0.507 e. The molecule has 0 fully saturated rings. The zero-order chi connectivity index (χ0) is 11.3. The molecule has 0 radical (unpaired) electrons. The molecule has 0 aromatic heterocycles. The van der Waals surface area contributed by atoms with Crippen LogP contribution >= 0.6 is 0 Å². The van der Waals surface area contributed by atoms with Crippen molar-refractivity contribution in [3.8, 4) is 5.75 Å². The summed E-state index contributed by atoms with van der Waals surface area (Å²) in [5, 5.41) is 13.1. The average Bonchev–Trinajstić information content (AvgIpc) is 2.17. The van der Waals surface area contributed by atoms with Crippen LogP contribution in [0.15, 0.2) is 29.4 Å². The molecule has 0 spiro atoms. The first-order valence-electron chi connectivity index (χ1n) is 4.72. The fraction of sp³-hybridized carbons (Fsp3) is 0.273. The summed E-state index contributed by atoms with van der Waals surface area (Å²) < 4.78 is 0. The Kier molecular flexibility index (Phi) is 3.85. The van der Waals surface area contributed by atoms with Crippen LogP contribution in [0.5, 0.6) is 5.75 Å². The maximum atomic E-state index is 11.5. The highest BCUT2D eigenvalue weighted by Crippen LogP contribution is 2.14. The minimum atomic E-state index is -0.412. The van der Waals surface area contributed by atoms with Crippen LogP contribution in [0.2, 0.25) is 0 Å². The van der Waals surface area contributed by atoms with E-state index in [1.54, 1.807) is 18.3 Å². The first-order chi connectivity index (χ1) is 7.11. The Hall–Kier alpha value is -1.84. The third-order valence-electron chi connectivity index (χ3n) is 1.69. The molecule has 0 aliphatic heterocycles. The molecule has 4 nitrogen and oxygen atoms in total. The van der Waals surface area contributed by atoms with Gasteiger partial charge in [0.25, 0.3) is 5.91 Å². The molecule has 1 aromatic rings. The van der Waals surface area contributed by atoms with Gasteiger partial charge in [-0.2, -0.15) is 5.10 Å². The number of nitrogens with one attached hydrogen (secondary N) is 1. The van der Waals surface area contributed by atoms with Gasteiger partial charge in [0.2, 0.25) is 0 Å². The van der Waals surface area contributed by atoms with Crippen LogP contribution in [0.25, 0.3) is 0 Å². The summed E-state index contributed by atoms with van der Waals surface area (Å²) in [5.74, 6) is -0.186. The Bertz CT molecular complexity index is 373. The molecule has 80 valence electrons. The van der Waals surface area contributed by atoms with Crippen molar-refractivity contribution >= 4 is 12.1 Å². The number of rotatable bonds is 3. The molecule has 15 heavy (non-hydrogen) atoms. The number of carbonyl (C=O) groups excluding carboxylic acids is 1. The topological polar surface area (TPSA) is 61.7 Å². The van der Waals surface area contributed by atoms with E-state index in [0.29, 0.717) is 0 Å². The Balaban J connectivity index is 2.66. The second kappa shape index (κ2) is 5.14. The van der Waals surface area contributed by atoms with Crippen LogP contribution in [-0.2, 0) is 0 Å². The number of hydrogen-bond acceptors (Lipinski definition) is 3. The van der Waals surface area contributed by atoms with Crippen molar-refractivity contribution in [3.05, 3.63) is 29.8 Å². The van der Waals surface area contributed by atoms with E-state index in [0.717, 1.165) is 0 Å². The average molecular weight is 206 g/mol. The standard InChI is InChI=1S/C11H14N2O2/c1-8(2)7-12-13-11(15)9-5-3-4-6-10(9)14/h3-8,14H,1-2H3,(H,13,15)/b12-7-. The normalized spacial score (nSPS) is 10.9. The van der Waals surface area contributed by atoms with Crippen LogP contribution in [0.3, 0.4) is 0 Å². The predicted molar refractivity (Wildman–Crippen MR) is 58.9 cm³/mol. The molecule has 1 amide bonds. The lowest BCUT2D eigenvalue weighted by Crippen LogP contribution is -2.18. The minimum absolute atomic E-state index is 0.0465. The minimum Gasteiger partial charge on any atom is -0.507 e. The number of carbonyl (C=O) groups is 1. The maximum Gasteiger partial charge on any atom is 0.275 e. The highest BCUT2D eigenvalue weighted by Gasteiger charge is 2.08. The van der Waals surface area contributed by atoms with Gasteiger partial charge in [0.05, 0.1) is 5.56 Å². The number of para-hydroxylation sites is 1. The highest BCUT2D eigenvalue weighted by molar-refractivity contribution is 5.96. The van der Waals surface area contributed by atoms with Crippen LogP contribution in [0, 0.1) is 5.92 Å². The Morgan fingerprint density at radius 2 is 2.13 bits per heavy atom. The van der Waals surface area contributed by atoms with Crippen LogP contribution in [0.1, 0.15) is 24.2 Å². The Morgan fingerprint density at radius 3 is 2.73 bits per heavy atom. The molecular formula is C11H14N2O2.